The van der Waals surface area contributed by atoms with E-state index in [9.17, 15) is 17.8 Å². The summed E-state index contributed by atoms with van der Waals surface area (Å²) >= 11 is 0. The lowest BCUT2D eigenvalue weighted by Gasteiger charge is -2.63. The smallest absolute Gasteiger partial charge is 0.397 e. The van der Waals surface area contributed by atoms with Crippen molar-refractivity contribution in [3.8, 4) is 0 Å². The van der Waals surface area contributed by atoms with Crippen molar-refractivity contribution in [1.29, 1.82) is 0 Å². The second-order valence-electron chi connectivity index (χ2n) is 17.7. The van der Waals surface area contributed by atoms with Gasteiger partial charge in [0.15, 0.2) is 0 Å². The molecule has 290 valence electrons. The summed E-state index contributed by atoms with van der Waals surface area (Å²) in [6, 6.07) is 10.0. The molecule has 0 amide bonds. The van der Waals surface area contributed by atoms with Crippen molar-refractivity contribution < 1.29 is 26.7 Å². The van der Waals surface area contributed by atoms with E-state index in [2.05, 4.69) is 31.4 Å². The van der Waals surface area contributed by atoms with E-state index < -0.39 is 16.5 Å². The maximum atomic E-state index is 13.7. The molecule has 1 aromatic carbocycles. The molecule has 0 aliphatic heterocycles. The van der Waals surface area contributed by atoms with E-state index in [1.165, 1.54) is 25.7 Å². The van der Waals surface area contributed by atoms with Gasteiger partial charge in [-0.1, -0.05) is 52.8 Å². The summed E-state index contributed by atoms with van der Waals surface area (Å²) in [6.45, 7) is 15.1. The molecule has 0 spiro atoms. The number of hydrogen-bond donors (Lipinski definition) is 4. The molecule has 0 aromatic heterocycles. The summed E-state index contributed by atoms with van der Waals surface area (Å²) in [4.78, 5) is 13.7. The number of nitrogens with one attached hydrogen (secondary N) is 2. The normalized spacial score (nSPS) is 34.7. The third kappa shape index (κ3) is 9.76. The second kappa shape index (κ2) is 17.7. The summed E-state index contributed by atoms with van der Waals surface area (Å²) < 4.78 is 44.3. The van der Waals surface area contributed by atoms with Crippen molar-refractivity contribution in [2.75, 3.05) is 26.2 Å². The topological polar surface area (TPSA) is 140 Å². The Morgan fingerprint density at radius 2 is 1.63 bits per heavy atom. The highest BCUT2D eigenvalue weighted by atomic mass is 32.3. The molecule has 5 rings (SSSR count). The van der Waals surface area contributed by atoms with Gasteiger partial charge in [0.05, 0.1) is 11.7 Å². The van der Waals surface area contributed by atoms with Gasteiger partial charge in [-0.15, -0.1) is 0 Å². The lowest BCUT2D eigenvalue weighted by molar-refractivity contribution is -0.168. The van der Waals surface area contributed by atoms with E-state index in [1.807, 2.05) is 44.2 Å². The zero-order valence-corrected chi connectivity index (χ0v) is 33.0. The van der Waals surface area contributed by atoms with Gasteiger partial charge in [-0.2, -0.15) is 8.42 Å². The molecule has 2 unspecified atom stereocenters. The van der Waals surface area contributed by atoms with Crippen LogP contribution in [0.5, 0.6) is 0 Å². The van der Waals surface area contributed by atoms with Gasteiger partial charge in [-0.25, -0.2) is 8.98 Å². The molecule has 4 saturated carbocycles. The Morgan fingerprint density at radius 3 is 2.33 bits per heavy atom. The Kier molecular flexibility index (Phi) is 14.1. The summed E-state index contributed by atoms with van der Waals surface area (Å²) in [6.07, 6.45) is 13.3. The average Bonchev–Trinajstić information content (AvgIpc) is 3.45. The first kappa shape index (κ1) is 40.6. The number of nitrogens with two attached hydrogens (primary N) is 1. The number of rotatable bonds is 18. The van der Waals surface area contributed by atoms with Crippen LogP contribution in [0.25, 0.3) is 0 Å². The minimum atomic E-state index is -4.50. The first-order valence-corrected chi connectivity index (χ1v) is 21.7. The van der Waals surface area contributed by atoms with Gasteiger partial charge < -0.3 is 21.1 Å². The number of unbranched alkanes of at least 4 members (excludes halogenated alkanes) is 1. The van der Waals surface area contributed by atoms with Crippen LogP contribution in [0.4, 0.5) is 0 Å². The van der Waals surface area contributed by atoms with Gasteiger partial charge >= 0.3 is 16.4 Å². The molecule has 0 heterocycles. The first-order valence-electron chi connectivity index (χ1n) is 20.3. The lowest BCUT2D eigenvalue weighted by Crippen LogP contribution is -2.60. The van der Waals surface area contributed by atoms with Crippen molar-refractivity contribution in [1.82, 2.24) is 10.6 Å². The zero-order valence-electron chi connectivity index (χ0n) is 32.2. The van der Waals surface area contributed by atoms with E-state index in [1.54, 1.807) is 0 Å². The lowest BCUT2D eigenvalue weighted by atomic mass is 9.43. The number of hydrogen-bond acceptors (Lipinski definition) is 8. The highest BCUT2D eigenvalue weighted by Crippen LogP contribution is 2.69. The molecule has 0 saturated heterocycles. The number of fused-ring (bicyclic) bond motifs is 5. The molecule has 10 heteroatoms. The minimum Gasteiger partial charge on any atom is -0.458 e. The van der Waals surface area contributed by atoms with E-state index in [-0.39, 0.29) is 28.8 Å². The van der Waals surface area contributed by atoms with Crippen LogP contribution < -0.4 is 16.4 Å². The molecule has 11 atom stereocenters. The molecule has 4 fully saturated rings. The number of benzene rings is 1. The summed E-state index contributed by atoms with van der Waals surface area (Å²) in [5.74, 6) is 2.57. The predicted molar refractivity (Wildman–Crippen MR) is 203 cm³/mol. The molecule has 4 aliphatic carbocycles. The van der Waals surface area contributed by atoms with Gasteiger partial charge in [0.25, 0.3) is 0 Å². The highest BCUT2D eigenvalue weighted by molar-refractivity contribution is 7.80. The first-order chi connectivity index (χ1) is 24.3. The van der Waals surface area contributed by atoms with Gasteiger partial charge in [0.2, 0.25) is 0 Å². The van der Waals surface area contributed by atoms with Gasteiger partial charge in [-0.3, -0.25) is 4.55 Å². The van der Waals surface area contributed by atoms with Crippen molar-refractivity contribution in [3.05, 3.63) is 35.9 Å². The largest absolute Gasteiger partial charge is 0.458 e. The maximum Gasteiger partial charge on any atom is 0.397 e. The van der Waals surface area contributed by atoms with Crippen LogP contribution in [0.1, 0.15) is 128 Å². The average molecular weight is 732 g/mol. The van der Waals surface area contributed by atoms with Gasteiger partial charge in [-0.05, 0) is 168 Å². The quantitative estimate of drug-likeness (QED) is 0.0690. The fourth-order valence-corrected chi connectivity index (χ4v) is 12.2. The Morgan fingerprint density at radius 1 is 0.922 bits per heavy atom. The molecular formula is C41H69N3O6S. The monoisotopic (exact) mass is 731 g/mol. The molecule has 0 radical (unpaired) electrons. The van der Waals surface area contributed by atoms with Crippen LogP contribution in [-0.4, -0.2) is 63.4 Å². The Hall–Kier alpha value is -1.56. The van der Waals surface area contributed by atoms with Crippen molar-refractivity contribution >= 4 is 16.4 Å². The third-order valence-electron chi connectivity index (χ3n) is 14.4. The van der Waals surface area contributed by atoms with E-state index in [0.29, 0.717) is 53.5 Å². The Bertz CT molecular complexity index is 1360. The Balaban J connectivity index is 1.29. The van der Waals surface area contributed by atoms with Gasteiger partial charge in [0, 0.05) is 12.0 Å². The number of ether oxygens (including phenoxy) is 1. The summed E-state index contributed by atoms with van der Waals surface area (Å²) in [5, 5.41) is 7.46. The molecule has 5 N–H and O–H groups in total. The van der Waals surface area contributed by atoms with E-state index >= 15 is 0 Å². The molecular weight excluding hydrogens is 663 g/mol. The van der Waals surface area contributed by atoms with Crippen LogP contribution >= 0.6 is 0 Å². The fraction of sp³-hybridized carbons (Fsp3) is 0.829. The van der Waals surface area contributed by atoms with Crippen molar-refractivity contribution in [2.45, 2.75) is 136 Å². The van der Waals surface area contributed by atoms with Crippen molar-refractivity contribution in [2.24, 2.45) is 58.0 Å². The number of carbonyl (C=O) groups excluding carboxylic acids is 1. The molecule has 0 bridgehead atoms. The predicted octanol–water partition coefficient (Wildman–Crippen LogP) is 7.42. The molecule has 9 nitrogen and oxygen atoms in total. The number of esters is 1. The molecule has 51 heavy (non-hydrogen) atoms. The summed E-state index contributed by atoms with van der Waals surface area (Å²) in [5.41, 5.74) is 6.63. The standard InChI is InChI=1S/C41H69N3O6S/c1-28(2)36(50-51(46,47)48)17-14-29(3)33-15-16-34-38-35(19-21-41(33,34)5)40(4)20-18-32(44-25-11-24-43-23-10-9-22-42)26-31(40)27-37(38)49-39(45)30-12-7-6-8-13-30/h6-8,12-13,28-29,31-38,43-44H,9-11,14-27,42H2,1-5H3,(H,46,47,48)/t29-,31?,32-,33-,34+,35+,36?,37-,38+,40+,41-/m1/s1. The fourth-order valence-electron chi connectivity index (χ4n) is 11.6. The SMILES string of the molecule is CC(C)C(CC[C@@H](C)[C@H]1CC[C@H]2[C@@H]3[C@H](OC(=O)c4ccccc4)CC4C[C@H](NCCCNCCCCN)CC[C@]4(C)[C@H]3CC[C@]12C)OS(=O)(=O)O. The minimum absolute atomic E-state index is 0.0173. The van der Waals surface area contributed by atoms with Crippen LogP contribution in [0.3, 0.4) is 0 Å². The van der Waals surface area contributed by atoms with Crippen LogP contribution in [0, 0.1) is 52.3 Å². The second-order valence-corrected chi connectivity index (χ2v) is 18.7. The van der Waals surface area contributed by atoms with Gasteiger partial charge in [0.1, 0.15) is 6.10 Å². The van der Waals surface area contributed by atoms with E-state index in [0.717, 1.165) is 77.5 Å². The maximum absolute atomic E-state index is 13.7. The zero-order chi connectivity index (χ0) is 36.8. The van der Waals surface area contributed by atoms with Crippen LogP contribution in [0.2, 0.25) is 0 Å². The highest BCUT2D eigenvalue weighted by Gasteiger charge is 2.63. The van der Waals surface area contributed by atoms with Crippen molar-refractivity contribution in [3.63, 3.8) is 0 Å². The van der Waals surface area contributed by atoms with Crippen LogP contribution in [0.15, 0.2) is 30.3 Å². The molecule has 4 aliphatic rings. The summed E-state index contributed by atoms with van der Waals surface area (Å²) in [7, 11) is -4.50. The van der Waals surface area contributed by atoms with Crippen LogP contribution in [-0.2, 0) is 19.3 Å². The molecule has 1 aromatic rings. The van der Waals surface area contributed by atoms with E-state index in [4.69, 9.17) is 14.7 Å². The number of carbonyl (C=O) groups is 1. The Labute approximate surface area is 309 Å². The third-order valence-corrected chi connectivity index (χ3v) is 14.8.